The first-order chi connectivity index (χ1) is 6.89. The van der Waals surface area contributed by atoms with Crippen LogP contribution in [-0.2, 0) is 4.79 Å². The first kappa shape index (κ1) is 12.5. The number of carbonyl (C=O) groups is 1. The molecule has 1 rings (SSSR count). The number of piperidine rings is 1. The van der Waals surface area contributed by atoms with Crippen molar-refractivity contribution in [2.24, 2.45) is 0 Å². The van der Waals surface area contributed by atoms with E-state index in [4.69, 9.17) is 5.11 Å². The third-order valence-corrected chi connectivity index (χ3v) is 2.91. The van der Waals surface area contributed by atoms with Crippen LogP contribution in [-0.4, -0.2) is 47.2 Å². The maximum atomic E-state index is 10.4. The number of carboxylic acid groups (broad SMARTS) is 1. The van der Waals surface area contributed by atoms with Gasteiger partial charge < -0.3 is 10.4 Å². The molecule has 0 amide bonds. The van der Waals surface area contributed by atoms with Gasteiger partial charge in [0.25, 0.3) is 0 Å². The summed E-state index contributed by atoms with van der Waals surface area (Å²) in [6.07, 6.45) is 2.23. The van der Waals surface area contributed by atoms with E-state index >= 15 is 0 Å². The fourth-order valence-electron chi connectivity index (χ4n) is 1.98. The fraction of sp³-hybridized carbons (Fsp3) is 0.909. The zero-order chi connectivity index (χ0) is 11.5. The Hall–Kier alpha value is -0.610. The molecule has 15 heavy (non-hydrogen) atoms. The highest BCUT2D eigenvalue weighted by molar-refractivity contribution is 5.69. The fourth-order valence-corrected chi connectivity index (χ4v) is 1.98. The third kappa shape index (κ3) is 4.18. The summed E-state index contributed by atoms with van der Waals surface area (Å²) in [5, 5.41) is 11.7. The molecule has 0 aliphatic carbocycles. The molecule has 88 valence electrons. The van der Waals surface area contributed by atoms with Gasteiger partial charge >= 0.3 is 5.97 Å². The molecule has 1 aliphatic heterocycles. The van der Waals surface area contributed by atoms with Gasteiger partial charge in [0.05, 0.1) is 6.54 Å². The SMILES string of the molecule is CC(C)(C)N1CCCC(NCC(=O)O)C1. The first-order valence-corrected chi connectivity index (χ1v) is 5.60. The monoisotopic (exact) mass is 214 g/mol. The normalized spacial score (nSPS) is 24.1. The Balaban J connectivity index is 2.39. The van der Waals surface area contributed by atoms with Crippen molar-refractivity contribution in [1.82, 2.24) is 10.2 Å². The topological polar surface area (TPSA) is 52.6 Å². The summed E-state index contributed by atoms with van der Waals surface area (Å²) in [5.74, 6) is -0.775. The van der Waals surface area contributed by atoms with E-state index in [2.05, 4.69) is 31.0 Å². The molecule has 1 fully saturated rings. The van der Waals surface area contributed by atoms with Gasteiger partial charge in [-0.2, -0.15) is 0 Å². The van der Waals surface area contributed by atoms with Crippen LogP contribution in [0.4, 0.5) is 0 Å². The summed E-state index contributed by atoms with van der Waals surface area (Å²) in [6.45, 7) is 8.75. The van der Waals surface area contributed by atoms with Crippen molar-refractivity contribution in [1.29, 1.82) is 0 Å². The van der Waals surface area contributed by atoms with E-state index in [9.17, 15) is 4.79 Å². The van der Waals surface area contributed by atoms with Crippen molar-refractivity contribution in [3.63, 3.8) is 0 Å². The second kappa shape index (κ2) is 4.94. The largest absolute Gasteiger partial charge is 0.480 e. The highest BCUT2D eigenvalue weighted by Gasteiger charge is 2.27. The Bertz CT molecular complexity index is 223. The number of hydrogen-bond acceptors (Lipinski definition) is 3. The van der Waals surface area contributed by atoms with Crippen molar-refractivity contribution >= 4 is 5.97 Å². The van der Waals surface area contributed by atoms with Gasteiger partial charge in [0.2, 0.25) is 0 Å². The average molecular weight is 214 g/mol. The second-order valence-electron chi connectivity index (χ2n) is 5.23. The summed E-state index contributed by atoms with van der Waals surface area (Å²) < 4.78 is 0. The quantitative estimate of drug-likeness (QED) is 0.733. The molecule has 1 aliphatic rings. The van der Waals surface area contributed by atoms with Crippen LogP contribution in [0, 0.1) is 0 Å². The number of carboxylic acids is 1. The van der Waals surface area contributed by atoms with Crippen molar-refractivity contribution in [2.75, 3.05) is 19.6 Å². The van der Waals surface area contributed by atoms with E-state index < -0.39 is 5.97 Å². The van der Waals surface area contributed by atoms with Gasteiger partial charge in [0.15, 0.2) is 0 Å². The minimum Gasteiger partial charge on any atom is -0.480 e. The minimum absolute atomic E-state index is 0.0721. The van der Waals surface area contributed by atoms with E-state index in [0.717, 1.165) is 25.9 Å². The smallest absolute Gasteiger partial charge is 0.317 e. The van der Waals surface area contributed by atoms with Crippen LogP contribution in [0.2, 0.25) is 0 Å². The Morgan fingerprint density at radius 1 is 1.53 bits per heavy atom. The van der Waals surface area contributed by atoms with Crippen LogP contribution < -0.4 is 5.32 Å². The number of hydrogen-bond donors (Lipinski definition) is 2. The molecule has 1 unspecified atom stereocenters. The lowest BCUT2D eigenvalue weighted by molar-refractivity contribution is -0.136. The Kier molecular flexibility index (Phi) is 4.11. The van der Waals surface area contributed by atoms with Gasteiger partial charge in [0, 0.05) is 18.1 Å². The van der Waals surface area contributed by atoms with Crippen LogP contribution in [0.25, 0.3) is 0 Å². The number of nitrogens with one attached hydrogen (secondary N) is 1. The molecule has 0 aromatic carbocycles. The van der Waals surface area contributed by atoms with E-state index in [1.54, 1.807) is 0 Å². The molecule has 0 bridgehead atoms. The molecule has 4 heteroatoms. The van der Waals surface area contributed by atoms with Gasteiger partial charge in [-0.1, -0.05) is 0 Å². The molecule has 0 spiro atoms. The predicted molar refractivity (Wildman–Crippen MR) is 60.0 cm³/mol. The van der Waals surface area contributed by atoms with Gasteiger partial charge in [0.1, 0.15) is 0 Å². The Morgan fingerprint density at radius 3 is 2.73 bits per heavy atom. The van der Waals surface area contributed by atoms with Gasteiger partial charge in [-0.3, -0.25) is 9.69 Å². The molecule has 0 aromatic heterocycles. The number of likely N-dealkylation sites (tertiary alicyclic amines) is 1. The van der Waals surface area contributed by atoms with Crippen molar-refractivity contribution in [3.8, 4) is 0 Å². The van der Waals surface area contributed by atoms with Crippen molar-refractivity contribution < 1.29 is 9.90 Å². The van der Waals surface area contributed by atoms with Crippen LogP contribution in [0.15, 0.2) is 0 Å². The highest BCUT2D eigenvalue weighted by Crippen LogP contribution is 2.19. The Morgan fingerprint density at radius 2 is 2.20 bits per heavy atom. The van der Waals surface area contributed by atoms with Crippen molar-refractivity contribution in [2.45, 2.75) is 45.2 Å². The molecular weight excluding hydrogens is 192 g/mol. The molecule has 0 saturated carbocycles. The third-order valence-electron chi connectivity index (χ3n) is 2.91. The maximum Gasteiger partial charge on any atom is 0.317 e. The van der Waals surface area contributed by atoms with Crippen LogP contribution in [0.3, 0.4) is 0 Å². The average Bonchev–Trinajstić information content (AvgIpc) is 2.14. The van der Waals surface area contributed by atoms with Crippen molar-refractivity contribution in [3.05, 3.63) is 0 Å². The van der Waals surface area contributed by atoms with E-state index in [-0.39, 0.29) is 12.1 Å². The molecule has 4 nitrogen and oxygen atoms in total. The summed E-state index contributed by atoms with van der Waals surface area (Å²) in [4.78, 5) is 12.9. The van der Waals surface area contributed by atoms with Gasteiger partial charge in [-0.25, -0.2) is 0 Å². The zero-order valence-corrected chi connectivity index (χ0v) is 9.92. The van der Waals surface area contributed by atoms with Gasteiger partial charge in [-0.05, 0) is 40.2 Å². The molecule has 1 atom stereocenters. The molecule has 2 N–H and O–H groups in total. The maximum absolute atomic E-state index is 10.4. The second-order valence-corrected chi connectivity index (χ2v) is 5.23. The Labute approximate surface area is 91.6 Å². The molecule has 0 radical (unpaired) electrons. The van der Waals surface area contributed by atoms with E-state index in [0.29, 0.717) is 6.04 Å². The number of nitrogens with zero attached hydrogens (tertiary/aromatic N) is 1. The molecule has 0 aromatic rings. The minimum atomic E-state index is -0.775. The first-order valence-electron chi connectivity index (χ1n) is 5.60. The summed E-state index contributed by atoms with van der Waals surface area (Å²) in [6, 6.07) is 0.328. The predicted octanol–water partition coefficient (Wildman–Crippen LogP) is 0.923. The van der Waals surface area contributed by atoms with E-state index in [1.165, 1.54) is 0 Å². The molecule has 1 saturated heterocycles. The lowest BCUT2D eigenvalue weighted by atomic mass is 9.98. The summed E-state index contributed by atoms with van der Waals surface area (Å²) >= 11 is 0. The lowest BCUT2D eigenvalue weighted by Crippen LogP contribution is -2.53. The number of aliphatic carboxylic acids is 1. The molecular formula is C11H22N2O2. The number of rotatable bonds is 3. The van der Waals surface area contributed by atoms with Gasteiger partial charge in [-0.15, -0.1) is 0 Å². The van der Waals surface area contributed by atoms with Crippen LogP contribution in [0.5, 0.6) is 0 Å². The van der Waals surface area contributed by atoms with Crippen LogP contribution >= 0.6 is 0 Å². The standard InChI is InChI=1S/C11H22N2O2/c1-11(2,3)13-6-4-5-9(8-13)12-7-10(14)15/h9,12H,4-8H2,1-3H3,(H,14,15). The summed E-state index contributed by atoms with van der Waals surface area (Å²) in [7, 11) is 0. The van der Waals surface area contributed by atoms with Crippen LogP contribution in [0.1, 0.15) is 33.6 Å². The lowest BCUT2D eigenvalue weighted by Gasteiger charge is -2.41. The zero-order valence-electron chi connectivity index (χ0n) is 9.92. The van der Waals surface area contributed by atoms with E-state index in [1.807, 2.05) is 0 Å². The summed E-state index contributed by atoms with van der Waals surface area (Å²) in [5.41, 5.74) is 0.184. The molecule has 1 heterocycles. The highest BCUT2D eigenvalue weighted by atomic mass is 16.4.